The van der Waals surface area contributed by atoms with E-state index in [1.54, 1.807) is 22.8 Å². The Bertz CT molecular complexity index is 1160. The van der Waals surface area contributed by atoms with E-state index in [0.717, 1.165) is 43.2 Å². The van der Waals surface area contributed by atoms with Gasteiger partial charge in [-0.3, -0.25) is 4.18 Å². The maximum atomic E-state index is 11.9. The number of benzene rings is 1. The summed E-state index contributed by atoms with van der Waals surface area (Å²) in [6.07, 6.45) is 5.62. The molecule has 11 heteroatoms. The number of aliphatic hydroxyl groups is 1. The summed E-state index contributed by atoms with van der Waals surface area (Å²) in [6.45, 7) is 1.02. The van der Waals surface area contributed by atoms with Crippen LogP contribution in [0.3, 0.4) is 0 Å². The SMILES string of the molecule is COS(=O)(=O)c1ccc(Nc2cc(N3CCCCC3CCO)nc3c(Br)cnn23)cc1. The Labute approximate surface area is 189 Å². The lowest BCUT2D eigenvalue weighted by Crippen LogP contribution is -2.40. The fourth-order valence-corrected chi connectivity index (χ4v) is 4.87. The fraction of sp³-hybridized carbons (Fsp3) is 0.400. The number of hydrogen-bond donors (Lipinski definition) is 2. The van der Waals surface area contributed by atoms with Crippen LogP contribution in [0.4, 0.5) is 17.3 Å². The lowest BCUT2D eigenvalue weighted by Gasteiger charge is -2.36. The van der Waals surface area contributed by atoms with Gasteiger partial charge in [0.1, 0.15) is 11.6 Å². The highest BCUT2D eigenvalue weighted by Crippen LogP contribution is 2.31. The van der Waals surface area contributed by atoms with Crippen LogP contribution < -0.4 is 10.2 Å². The number of nitrogens with zero attached hydrogens (tertiary/aromatic N) is 4. The smallest absolute Gasteiger partial charge is 0.296 e. The molecule has 31 heavy (non-hydrogen) atoms. The van der Waals surface area contributed by atoms with Crippen molar-refractivity contribution >= 4 is 49.0 Å². The molecular weight excluding hydrogens is 486 g/mol. The van der Waals surface area contributed by atoms with E-state index in [0.29, 0.717) is 23.6 Å². The second kappa shape index (κ2) is 9.11. The van der Waals surface area contributed by atoms with E-state index in [9.17, 15) is 13.5 Å². The third-order valence-corrected chi connectivity index (χ3v) is 7.28. The summed E-state index contributed by atoms with van der Waals surface area (Å²) in [4.78, 5) is 7.15. The quantitative estimate of drug-likeness (QED) is 0.466. The summed E-state index contributed by atoms with van der Waals surface area (Å²) >= 11 is 3.52. The van der Waals surface area contributed by atoms with Crippen LogP contribution in [0.2, 0.25) is 0 Å². The van der Waals surface area contributed by atoms with Crippen molar-refractivity contribution in [2.45, 2.75) is 36.6 Å². The van der Waals surface area contributed by atoms with Crippen LogP contribution in [0.1, 0.15) is 25.7 Å². The van der Waals surface area contributed by atoms with Gasteiger partial charge in [-0.25, -0.2) is 4.98 Å². The van der Waals surface area contributed by atoms with Gasteiger partial charge in [-0.15, -0.1) is 0 Å². The molecule has 1 aliphatic heterocycles. The highest BCUT2D eigenvalue weighted by atomic mass is 79.9. The van der Waals surface area contributed by atoms with Crippen LogP contribution in [0.25, 0.3) is 5.65 Å². The molecule has 0 radical (unpaired) electrons. The second-order valence-electron chi connectivity index (χ2n) is 7.35. The van der Waals surface area contributed by atoms with Gasteiger partial charge >= 0.3 is 0 Å². The minimum atomic E-state index is -3.74. The van der Waals surface area contributed by atoms with Crippen molar-refractivity contribution in [3.8, 4) is 0 Å². The van der Waals surface area contributed by atoms with Gasteiger partial charge in [-0.1, -0.05) is 0 Å². The first-order chi connectivity index (χ1) is 14.9. The molecule has 9 nitrogen and oxygen atoms in total. The summed E-state index contributed by atoms with van der Waals surface area (Å²) in [6, 6.07) is 8.49. The number of rotatable bonds is 7. The average Bonchev–Trinajstić information content (AvgIpc) is 3.16. The maximum Gasteiger partial charge on any atom is 0.296 e. The largest absolute Gasteiger partial charge is 0.396 e. The molecule has 1 aromatic carbocycles. The molecule has 1 aliphatic rings. The average molecular weight is 510 g/mol. The predicted molar refractivity (Wildman–Crippen MR) is 121 cm³/mol. The number of aromatic nitrogens is 3. The summed E-state index contributed by atoms with van der Waals surface area (Å²) < 4.78 is 30.7. The van der Waals surface area contributed by atoms with Crippen molar-refractivity contribution in [1.82, 2.24) is 14.6 Å². The first-order valence-electron chi connectivity index (χ1n) is 10.0. The molecule has 3 aromatic rings. The summed E-state index contributed by atoms with van der Waals surface area (Å²) in [7, 11) is -2.60. The third kappa shape index (κ3) is 4.54. The van der Waals surface area contributed by atoms with E-state index in [1.807, 2.05) is 6.07 Å². The number of anilines is 3. The number of hydrogen-bond acceptors (Lipinski definition) is 8. The molecule has 0 bridgehead atoms. The van der Waals surface area contributed by atoms with Crippen LogP contribution in [-0.4, -0.2) is 54.4 Å². The number of nitrogens with one attached hydrogen (secondary N) is 1. The lowest BCUT2D eigenvalue weighted by atomic mass is 9.99. The van der Waals surface area contributed by atoms with Gasteiger partial charge in [0.25, 0.3) is 10.1 Å². The number of aliphatic hydroxyl groups excluding tert-OH is 1. The van der Waals surface area contributed by atoms with Crippen molar-refractivity contribution in [3.63, 3.8) is 0 Å². The second-order valence-corrected chi connectivity index (χ2v) is 9.92. The van der Waals surface area contributed by atoms with Crippen molar-refractivity contribution in [3.05, 3.63) is 41.0 Å². The first-order valence-corrected chi connectivity index (χ1v) is 12.2. The molecule has 166 valence electrons. The molecule has 0 saturated carbocycles. The first kappa shape index (κ1) is 22.0. The molecule has 1 atom stereocenters. The van der Waals surface area contributed by atoms with Crippen LogP contribution >= 0.6 is 15.9 Å². The van der Waals surface area contributed by atoms with Crippen molar-refractivity contribution < 1.29 is 17.7 Å². The van der Waals surface area contributed by atoms with E-state index in [4.69, 9.17) is 4.98 Å². The predicted octanol–water partition coefficient (Wildman–Crippen LogP) is 3.31. The number of fused-ring (bicyclic) bond motifs is 1. The molecule has 2 aromatic heterocycles. The minimum Gasteiger partial charge on any atom is -0.396 e. The fourth-order valence-electron chi connectivity index (χ4n) is 3.86. The molecule has 0 spiro atoms. The van der Waals surface area contributed by atoms with E-state index < -0.39 is 10.1 Å². The Balaban J connectivity index is 1.70. The van der Waals surface area contributed by atoms with Gasteiger partial charge in [0.15, 0.2) is 5.65 Å². The Morgan fingerprint density at radius 3 is 2.77 bits per heavy atom. The Morgan fingerprint density at radius 1 is 1.29 bits per heavy atom. The zero-order valence-corrected chi connectivity index (χ0v) is 19.4. The molecule has 1 fully saturated rings. The molecular formula is C20H24BrN5O4S. The molecule has 1 saturated heterocycles. The Hall–Kier alpha value is -2.21. The van der Waals surface area contributed by atoms with Crippen LogP contribution in [0.5, 0.6) is 0 Å². The molecule has 3 heterocycles. The van der Waals surface area contributed by atoms with Crippen LogP contribution in [0.15, 0.2) is 45.9 Å². The van der Waals surface area contributed by atoms with Gasteiger partial charge < -0.3 is 15.3 Å². The van der Waals surface area contributed by atoms with E-state index in [1.165, 1.54) is 12.1 Å². The Kier molecular flexibility index (Phi) is 6.47. The normalized spacial score (nSPS) is 17.3. The maximum absolute atomic E-state index is 11.9. The van der Waals surface area contributed by atoms with Gasteiger partial charge in [-0.2, -0.15) is 18.0 Å². The van der Waals surface area contributed by atoms with Gasteiger partial charge in [0.05, 0.1) is 22.7 Å². The van der Waals surface area contributed by atoms with Gasteiger partial charge in [0.2, 0.25) is 0 Å². The molecule has 0 aliphatic carbocycles. The standard InChI is InChI=1S/C20H24BrN5O4S/c1-30-31(28,29)16-7-5-14(6-8-16)23-19-12-18(24-20-17(21)13-22-26(19)20)25-10-3-2-4-15(25)9-11-27/h5-8,12-13,15,23,27H,2-4,9-11H2,1H3. The number of piperidine rings is 1. The zero-order valence-electron chi connectivity index (χ0n) is 17.0. The minimum absolute atomic E-state index is 0.0862. The zero-order chi connectivity index (χ0) is 22.0. The van der Waals surface area contributed by atoms with Gasteiger partial charge in [-0.05, 0) is 65.9 Å². The van der Waals surface area contributed by atoms with E-state index in [2.05, 4.69) is 35.4 Å². The summed E-state index contributed by atoms with van der Waals surface area (Å²) in [5.41, 5.74) is 1.37. The van der Waals surface area contributed by atoms with Crippen molar-refractivity contribution in [1.29, 1.82) is 0 Å². The number of halogens is 1. The lowest BCUT2D eigenvalue weighted by molar-refractivity contribution is 0.262. The topological polar surface area (TPSA) is 109 Å². The van der Waals surface area contributed by atoms with Crippen molar-refractivity contribution in [2.75, 3.05) is 30.5 Å². The monoisotopic (exact) mass is 509 g/mol. The highest BCUT2D eigenvalue weighted by Gasteiger charge is 2.25. The third-order valence-electron chi connectivity index (χ3n) is 5.43. The molecule has 0 amide bonds. The molecule has 2 N–H and O–H groups in total. The molecule has 4 rings (SSSR count). The Morgan fingerprint density at radius 2 is 2.06 bits per heavy atom. The van der Waals surface area contributed by atoms with E-state index >= 15 is 0 Å². The van der Waals surface area contributed by atoms with Crippen LogP contribution in [-0.2, 0) is 14.3 Å². The summed E-state index contributed by atoms with van der Waals surface area (Å²) in [5.74, 6) is 1.51. The van der Waals surface area contributed by atoms with Crippen molar-refractivity contribution in [2.24, 2.45) is 0 Å². The van der Waals surface area contributed by atoms with Crippen LogP contribution in [0, 0.1) is 0 Å². The van der Waals surface area contributed by atoms with Gasteiger partial charge in [0, 0.05) is 30.9 Å². The summed E-state index contributed by atoms with van der Waals surface area (Å²) in [5, 5.41) is 17.2. The molecule has 1 unspecified atom stereocenters. The highest BCUT2D eigenvalue weighted by molar-refractivity contribution is 9.10. The van der Waals surface area contributed by atoms with E-state index in [-0.39, 0.29) is 17.5 Å².